The van der Waals surface area contributed by atoms with Crippen LogP contribution in [0.2, 0.25) is 0 Å². The van der Waals surface area contributed by atoms with Crippen molar-refractivity contribution in [3.05, 3.63) is 35.4 Å². The first-order valence-corrected chi connectivity index (χ1v) is 9.98. The molecule has 2 rings (SSSR count). The minimum atomic E-state index is -0.00491. The summed E-state index contributed by atoms with van der Waals surface area (Å²) >= 11 is 0. The highest BCUT2D eigenvalue weighted by atomic mass is 16.1. The quantitative estimate of drug-likeness (QED) is 0.663. The lowest BCUT2D eigenvalue weighted by Gasteiger charge is -2.37. The average Bonchev–Trinajstić information content (AvgIpc) is 2.60. The first-order chi connectivity index (χ1) is 11.9. The fourth-order valence-electron chi connectivity index (χ4n) is 4.09. The van der Waals surface area contributed by atoms with Gasteiger partial charge in [-0.05, 0) is 42.8 Å². The molecule has 0 unspecified atom stereocenters. The van der Waals surface area contributed by atoms with Crippen molar-refractivity contribution in [2.45, 2.75) is 65.8 Å². The molecule has 25 heavy (non-hydrogen) atoms. The Balaban J connectivity index is 1.86. The molecule has 0 atom stereocenters. The van der Waals surface area contributed by atoms with E-state index in [-0.39, 0.29) is 11.2 Å². The van der Waals surface area contributed by atoms with Gasteiger partial charge in [-0.25, -0.2) is 0 Å². The third kappa shape index (κ3) is 6.23. The Kier molecular flexibility index (Phi) is 7.64. The highest BCUT2D eigenvalue weighted by molar-refractivity contribution is 5.97. The first-order valence-electron chi connectivity index (χ1n) is 9.98. The maximum atomic E-state index is 12.8. The average molecular weight is 345 g/mol. The molecule has 0 aromatic heterocycles. The van der Waals surface area contributed by atoms with Crippen molar-refractivity contribution in [3.8, 4) is 0 Å². The zero-order valence-electron chi connectivity index (χ0n) is 16.4. The normalized spacial score (nSPS) is 17.0. The van der Waals surface area contributed by atoms with Gasteiger partial charge in [0, 0.05) is 25.1 Å². The number of nitrogens with two attached hydrogens (primary N) is 1. The standard InChI is InChI=1S/C22H36N2O/c1-4-5-8-18-11-13-24(14-12-18)17-22(2,3)15-21(25)20-10-7-6-9-19(20)16-23/h6-7,9-10,18H,4-5,8,11-17,23H2,1-3H3. The van der Waals surface area contributed by atoms with Crippen molar-refractivity contribution in [2.75, 3.05) is 19.6 Å². The van der Waals surface area contributed by atoms with Crippen molar-refractivity contribution >= 4 is 5.78 Å². The summed E-state index contributed by atoms with van der Waals surface area (Å²) in [4.78, 5) is 15.3. The molecule has 3 heteroatoms. The van der Waals surface area contributed by atoms with Crippen LogP contribution in [0.1, 0.15) is 75.2 Å². The van der Waals surface area contributed by atoms with E-state index in [2.05, 4.69) is 25.7 Å². The second kappa shape index (κ2) is 9.49. The summed E-state index contributed by atoms with van der Waals surface area (Å²) in [6, 6.07) is 7.76. The molecule has 1 aromatic carbocycles. The molecular formula is C22H36N2O. The molecular weight excluding hydrogens is 308 g/mol. The Morgan fingerprint density at radius 1 is 1.24 bits per heavy atom. The topological polar surface area (TPSA) is 46.3 Å². The number of unbranched alkanes of at least 4 members (excludes halogenated alkanes) is 1. The minimum absolute atomic E-state index is 0.00491. The van der Waals surface area contributed by atoms with E-state index in [9.17, 15) is 4.79 Å². The molecule has 0 amide bonds. The number of hydrogen-bond donors (Lipinski definition) is 1. The second-order valence-corrected chi connectivity index (χ2v) is 8.49. The van der Waals surface area contributed by atoms with Gasteiger partial charge in [-0.15, -0.1) is 0 Å². The van der Waals surface area contributed by atoms with Gasteiger partial charge in [-0.2, -0.15) is 0 Å². The Bertz CT molecular complexity index is 545. The van der Waals surface area contributed by atoms with E-state index in [0.29, 0.717) is 13.0 Å². The van der Waals surface area contributed by atoms with Gasteiger partial charge >= 0.3 is 0 Å². The Labute approximate surface area is 154 Å². The number of hydrogen-bond acceptors (Lipinski definition) is 3. The Morgan fingerprint density at radius 3 is 2.56 bits per heavy atom. The Hall–Kier alpha value is -1.19. The number of likely N-dealkylation sites (tertiary alicyclic amines) is 1. The largest absolute Gasteiger partial charge is 0.326 e. The number of rotatable bonds is 9. The van der Waals surface area contributed by atoms with Crippen LogP contribution in [0.4, 0.5) is 0 Å². The van der Waals surface area contributed by atoms with Gasteiger partial charge in [0.15, 0.2) is 5.78 Å². The molecule has 1 saturated heterocycles. The Morgan fingerprint density at radius 2 is 1.92 bits per heavy atom. The fraction of sp³-hybridized carbons (Fsp3) is 0.682. The third-order valence-electron chi connectivity index (χ3n) is 5.50. The van der Waals surface area contributed by atoms with Gasteiger partial charge in [-0.1, -0.05) is 64.3 Å². The minimum Gasteiger partial charge on any atom is -0.326 e. The van der Waals surface area contributed by atoms with Crippen LogP contribution in [0, 0.1) is 11.3 Å². The van der Waals surface area contributed by atoms with E-state index >= 15 is 0 Å². The lowest BCUT2D eigenvalue weighted by molar-refractivity contribution is 0.0845. The smallest absolute Gasteiger partial charge is 0.163 e. The third-order valence-corrected chi connectivity index (χ3v) is 5.50. The van der Waals surface area contributed by atoms with Crippen molar-refractivity contribution in [2.24, 2.45) is 17.1 Å². The molecule has 2 N–H and O–H groups in total. The molecule has 0 bridgehead atoms. The SMILES string of the molecule is CCCCC1CCN(CC(C)(C)CC(=O)c2ccccc2CN)CC1. The number of benzene rings is 1. The maximum Gasteiger partial charge on any atom is 0.163 e. The summed E-state index contributed by atoms with van der Waals surface area (Å²) in [5.74, 6) is 1.14. The zero-order valence-corrected chi connectivity index (χ0v) is 16.4. The lowest BCUT2D eigenvalue weighted by Crippen LogP contribution is -2.40. The monoisotopic (exact) mass is 344 g/mol. The molecule has 1 aromatic rings. The van der Waals surface area contributed by atoms with Gasteiger partial charge in [0.2, 0.25) is 0 Å². The molecule has 1 aliphatic rings. The summed E-state index contributed by atoms with van der Waals surface area (Å²) in [7, 11) is 0. The molecule has 1 heterocycles. The van der Waals surface area contributed by atoms with Crippen molar-refractivity contribution in [1.29, 1.82) is 0 Å². The number of Topliss-reactive ketones (excluding diaryl/α,β-unsaturated/α-hetero) is 1. The second-order valence-electron chi connectivity index (χ2n) is 8.49. The highest BCUT2D eigenvalue weighted by Gasteiger charge is 2.28. The van der Waals surface area contributed by atoms with Crippen molar-refractivity contribution < 1.29 is 4.79 Å². The van der Waals surface area contributed by atoms with Crippen LogP contribution in [-0.4, -0.2) is 30.3 Å². The molecule has 1 aliphatic heterocycles. The number of nitrogens with zero attached hydrogens (tertiary/aromatic N) is 1. The van der Waals surface area contributed by atoms with Crippen LogP contribution < -0.4 is 5.73 Å². The fourth-order valence-corrected chi connectivity index (χ4v) is 4.09. The summed E-state index contributed by atoms with van der Waals surface area (Å²) in [5.41, 5.74) is 7.54. The summed E-state index contributed by atoms with van der Waals surface area (Å²) in [6.45, 7) is 10.5. The van der Waals surface area contributed by atoms with Crippen molar-refractivity contribution in [1.82, 2.24) is 4.90 Å². The van der Waals surface area contributed by atoms with E-state index in [1.807, 2.05) is 24.3 Å². The van der Waals surface area contributed by atoms with Crippen LogP contribution in [0.15, 0.2) is 24.3 Å². The number of carbonyl (C=O) groups excluding carboxylic acids is 1. The van der Waals surface area contributed by atoms with Crippen molar-refractivity contribution in [3.63, 3.8) is 0 Å². The molecule has 0 aliphatic carbocycles. The van der Waals surface area contributed by atoms with Crippen LogP contribution >= 0.6 is 0 Å². The summed E-state index contributed by atoms with van der Waals surface area (Å²) < 4.78 is 0. The summed E-state index contributed by atoms with van der Waals surface area (Å²) in [5, 5.41) is 0. The van der Waals surface area contributed by atoms with Gasteiger partial charge in [0.1, 0.15) is 0 Å². The first kappa shape index (κ1) is 20.1. The van der Waals surface area contributed by atoms with E-state index in [1.54, 1.807) is 0 Å². The highest BCUT2D eigenvalue weighted by Crippen LogP contribution is 2.29. The van der Waals surface area contributed by atoms with Crippen LogP contribution in [0.5, 0.6) is 0 Å². The molecule has 1 fully saturated rings. The maximum absolute atomic E-state index is 12.8. The van der Waals surface area contributed by atoms with Gasteiger partial charge in [0.25, 0.3) is 0 Å². The zero-order chi connectivity index (χ0) is 18.3. The van der Waals surface area contributed by atoms with Gasteiger partial charge < -0.3 is 10.6 Å². The van der Waals surface area contributed by atoms with E-state index in [4.69, 9.17) is 5.73 Å². The molecule has 140 valence electrons. The molecule has 0 saturated carbocycles. The predicted octanol–water partition coefficient (Wildman–Crippen LogP) is 4.65. The van der Waals surface area contributed by atoms with Crippen LogP contribution in [-0.2, 0) is 6.54 Å². The molecule has 0 spiro atoms. The van der Waals surface area contributed by atoms with Gasteiger partial charge in [0.05, 0.1) is 0 Å². The number of piperidine rings is 1. The molecule has 3 nitrogen and oxygen atoms in total. The van der Waals surface area contributed by atoms with Crippen LogP contribution in [0.3, 0.4) is 0 Å². The van der Waals surface area contributed by atoms with E-state index in [1.165, 1.54) is 45.2 Å². The summed E-state index contributed by atoms with van der Waals surface area (Å²) in [6.07, 6.45) is 7.28. The van der Waals surface area contributed by atoms with E-state index in [0.717, 1.165) is 23.6 Å². The molecule has 0 radical (unpaired) electrons. The van der Waals surface area contributed by atoms with Gasteiger partial charge in [-0.3, -0.25) is 4.79 Å². The van der Waals surface area contributed by atoms with Crippen LogP contribution in [0.25, 0.3) is 0 Å². The van der Waals surface area contributed by atoms with E-state index < -0.39 is 0 Å². The lowest BCUT2D eigenvalue weighted by atomic mass is 9.83. The number of carbonyl (C=O) groups is 1. The predicted molar refractivity (Wildman–Crippen MR) is 106 cm³/mol. The number of ketones is 1.